The summed E-state index contributed by atoms with van der Waals surface area (Å²) in [6, 6.07) is 9.40. The Hall–Kier alpha value is -2.07. The molecule has 0 aliphatic rings. The van der Waals surface area contributed by atoms with Crippen molar-refractivity contribution in [2.24, 2.45) is 5.73 Å². The molecule has 0 saturated heterocycles. The van der Waals surface area contributed by atoms with E-state index in [2.05, 4.69) is 4.98 Å². The molecule has 4 nitrogen and oxygen atoms in total. The zero-order valence-electron chi connectivity index (χ0n) is 10.4. The summed E-state index contributed by atoms with van der Waals surface area (Å²) in [4.78, 5) is 16.9. The third kappa shape index (κ3) is 2.78. The number of aromatic amines is 1. The fourth-order valence-corrected chi connectivity index (χ4v) is 1.85. The average molecular weight is 243 g/mol. The van der Waals surface area contributed by atoms with E-state index in [1.165, 1.54) is 0 Å². The van der Waals surface area contributed by atoms with Crippen LogP contribution in [0.5, 0.6) is 0 Å². The number of aromatic nitrogens is 1. The molecule has 3 N–H and O–H groups in total. The monoisotopic (exact) mass is 243 g/mol. The molecule has 0 unspecified atom stereocenters. The first-order valence-electron chi connectivity index (χ1n) is 5.87. The number of nitrogens with two attached hydrogens (primary N) is 1. The highest BCUT2D eigenvalue weighted by Crippen LogP contribution is 2.10. The van der Waals surface area contributed by atoms with E-state index in [4.69, 9.17) is 5.73 Å². The van der Waals surface area contributed by atoms with E-state index in [9.17, 15) is 4.79 Å². The van der Waals surface area contributed by atoms with E-state index in [1.54, 1.807) is 11.9 Å². The molecular weight excluding hydrogens is 226 g/mol. The molecule has 0 atom stereocenters. The summed E-state index contributed by atoms with van der Waals surface area (Å²) in [5.41, 5.74) is 8.30. The van der Waals surface area contributed by atoms with E-state index < -0.39 is 0 Å². The number of carbonyl (C=O) groups excluding carboxylic acids is 1. The molecule has 0 fully saturated rings. The van der Waals surface area contributed by atoms with Gasteiger partial charge in [-0.25, -0.2) is 0 Å². The molecule has 4 heteroatoms. The molecular formula is C14H17N3O. The van der Waals surface area contributed by atoms with Gasteiger partial charge in [-0.1, -0.05) is 12.1 Å². The number of rotatable bonds is 4. The van der Waals surface area contributed by atoms with Crippen LogP contribution in [-0.4, -0.2) is 22.8 Å². The van der Waals surface area contributed by atoms with Crippen LogP contribution in [0, 0.1) is 0 Å². The molecule has 18 heavy (non-hydrogen) atoms. The minimum Gasteiger partial charge on any atom is -0.367 e. The van der Waals surface area contributed by atoms with Crippen molar-refractivity contribution < 1.29 is 4.79 Å². The number of benzene rings is 1. The number of nitrogens with one attached hydrogen (secondary N) is 1. The van der Waals surface area contributed by atoms with Crippen LogP contribution in [0.4, 0.5) is 0 Å². The SMILES string of the molecule is CN(Cc1cc[nH]c1)C(=O)c1cccc(CN)c1. The fraction of sp³-hybridized carbons (Fsp3) is 0.214. The van der Waals surface area contributed by atoms with Crippen LogP contribution in [0.3, 0.4) is 0 Å². The quantitative estimate of drug-likeness (QED) is 0.859. The highest BCUT2D eigenvalue weighted by atomic mass is 16.2. The van der Waals surface area contributed by atoms with Crippen molar-refractivity contribution in [3.63, 3.8) is 0 Å². The van der Waals surface area contributed by atoms with Gasteiger partial charge in [0.25, 0.3) is 5.91 Å². The summed E-state index contributed by atoms with van der Waals surface area (Å²) < 4.78 is 0. The Morgan fingerprint density at radius 2 is 2.17 bits per heavy atom. The summed E-state index contributed by atoms with van der Waals surface area (Å²) in [6.45, 7) is 1.04. The van der Waals surface area contributed by atoms with Crippen molar-refractivity contribution in [3.8, 4) is 0 Å². The van der Waals surface area contributed by atoms with Gasteiger partial charge >= 0.3 is 0 Å². The van der Waals surface area contributed by atoms with Crippen LogP contribution < -0.4 is 5.73 Å². The zero-order chi connectivity index (χ0) is 13.0. The van der Waals surface area contributed by atoms with Crippen LogP contribution >= 0.6 is 0 Å². The molecule has 0 saturated carbocycles. The van der Waals surface area contributed by atoms with Crippen molar-refractivity contribution >= 4 is 5.91 Å². The number of amides is 1. The Morgan fingerprint density at radius 1 is 1.33 bits per heavy atom. The van der Waals surface area contributed by atoms with Gasteiger partial charge in [-0.05, 0) is 29.3 Å². The second-order valence-electron chi connectivity index (χ2n) is 4.28. The minimum absolute atomic E-state index is 0.00602. The maximum absolute atomic E-state index is 12.2. The third-order valence-electron chi connectivity index (χ3n) is 2.84. The molecule has 2 rings (SSSR count). The molecule has 2 aromatic rings. The van der Waals surface area contributed by atoms with E-state index in [0.29, 0.717) is 18.7 Å². The highest BCUT2D eigenvalue weighted by Gasteiger charge is 2.12. The smallest absolute Gasteiger partial charge is 0.253 e. The van der Waals surface area contributed by atoms with Gasteiger partial charge in [0.05, 0.1) is 0 Å². The molecule has 94 valence electrons. The number of carbonyl (C=O) groups is 1. The largest absolute Gasteiger partial charge is 0.367 e. The lowest BCUT2D eigenvalue weighted by Crippen LogP contribution is -2.26. The summed E-state index contributed by atoms with van der Waals surface area (Å²) in [5.74, 6) is 0.00602. The van der Waals surface area contributed by atoms with Crippen molar-refractivity contribution in [2.45, 2.75) is 13.1 Å². The maximum atomic E-state index is 12.2. The Morgan fingerprint density at radius 3 is 2.83 bits per heavy atom. The van der Waals surface area contributed by atoms with E-state index >= 15 is 0 Å². The molecule has 0 aliphatic carbocycles. The van der Waals surface area contributed by atoms with Gasteiger partial charge in [0.15, 0.2) is 0 Å². The van der Waals surface area contributed by atoms with Gasteiger partial charge in [0, 0.05) is 38.1 Å². The standard InChI is InChI=1S/C14H17N3O/c1-17(10-12-5-6-16-9-12)14(18)13-4-2-3-11(7-13)8-15/h2-7,9,16H,8,10,15H2,1H3. The Labute approximate surface area is 106 Å². The lowest BCUT2D eigenvalue weighted by atomic mass is 10.1. The fourth-order valence-electron chi connectivity index (χ4n) is 1.85. The number of nitrogens with zero attached hydrogens (tertiary/aromatic N) is 1. The normalized spacial score (nSPS) is 10.3. The van der Waals surface area contributed by atoms with E-state index in [-0.39, 0.29) is 5.91 Å². The van der Waals surface area contributed by atoms with Crippen LogP contribution in [0.15, 0.2) is 42.7 Å². The van der Waals surface area contributed by atoms with Crippen molar-refractivity contribution in [1.82, 2.24) is 9.88 Å². The van der Waals surface area contributed by atoms with Gasteiger partial charge in [0.1, 0.15) is 0 Å². The first-order chi connectivity index (χ1) is 8.70. The first-order valence-corrected chi connectivity index (χ1v) is 5.87. The van der Waals surface area contributed by atoms with Crippen LogP contribution in [0.2, 0.25) is 0 Å². The molecule has 1 aromatic carbocycles. The molecule has 1 amide bonds. The predicted octanol–water partition coefficient (Wildman–Crippen LogP) is 1.75. The summed E-state index contributed by atoms with van der Waals surface area (Å²) >= 11 is 0. The average Bonchev–Trinajstić information content (AvgIpc) is 2.90. The van der Waals surface area contributed by atoms with Gasteiger partial charge in [-0.15, -0.1) is 0 Å². The van der Waals surface area contributed by atoms with E-state index in [1.807, 2.05) is 42.7 Å². The van der Waals surface area contributed by atoms with Crippen molar-refractivity contribution in [2.75, 3.05) is 7.05 Å². The second kappa shape index (κ2) is 5.51. The molecule has 0 aliphatic heterocycles. The Kier molecular flexibility index (Phi) is 3.79. The van der Waals surface area contributed by atoms with Gasteiger partial charge in [-0.3, -0.25) is 4.79 Å². The number of hydrogen-bond donors (Lipinski definition) is 2. The minimum atomic E-state index is 0.00602. The van der Waals surface area contributed by atoms with Crippen LogP contribution in [0.25, 0.3) is 0 Å². The lowest BCUT2D eigenvalue weighted by Gasteiger charge is -2.16. The maximum Gasteiger partial charge on any atom is 0.253 e. The number of H-pyrrole nitrogens is 1. The second-order valence-corrected chi connectivity index (χ2v) is 4.28. The molecule has 1 heterocycles. The van der Waals surface area contributed by atoms with E-state index in [0.717, 1.165) is 11.1 Å². The zero-order valence-corrected chi connectivity index (χ0v) is 10.4. The van der Waals surface area contributed by atoms with Crippen LogP contribution in [0.1, 0.15) is 21.5 Å². The van der Waals surface area contributed by atoms with Gasteiger partial charge < -0.3 is 15.6 Å². The Balaban J connectivity index is 2.10. The third-order valence-corrected chi connectivity index (χ3v) is 2.84. The van der Waals surface area contributed by atoms with Gasteiger partial charge in [-0.2, -0.15) is 0 Å². The Bertz CT molecular complexity index is 520. The highest BCUT2D eigenvalue weighted by molar-refractivity contribution is 5.94. The van der Waals surface area contributed by atoms with Crippen molar-refractivity contribution in [3.05, 3.63) is 59.4 Å². The van der Waals surface area contributed by atoms with Crippen molar-refractivity contribution in [1.29, 1.82) is 0 Å². The molecule has 0 bridgehead atoms. The molecule has 0 spiro atoms. The lowest BCUT2D eigenvalue weighted by molar-refractivity contribution is 0.0785. The molecule has 1 aromatic heterocycles. The summed E-state index contributed by atoms with van der Waals surface area (Å²) in [6.07, 6.45) is 3.74. The topological polar surface area (TPSA) is 62.1 Å². The van der Waals surface area contributed by atoms with Gasteiger partial charge in [0.2, 0.25) is 0 Å². The summed E-state index contributed by atoms with van der Waals surface area (Å²) in [5, 5.41) is 0. The molecule has 0 radical (unpaired) electrons. The predicted molar refractivity (Wildman–Crippen MR) is 70.9 cm³/mol. The summed E-state index contributed by atoms with van der Waals surface area (Å²) in [7, 11) is 1.80. The number of hydrogen-bond acceptors (Lipinski definition) is 2. The van der Waals surface area contributed by atoms with Crippen LogP contribution in [-0.2, 0) is 13.1 Å². The first kappa shape index (κ1) is 12.4.